The Morgan fingerprint density at radius 2 is 1.70 bits per heavy atom. The van der Waals surface area contributed by atoms with Crippen LogP contribution in [0.2, 0.25) is 0 Å². The molecule has 2 rings (SSSR count). The van der Waals surface area contributed by atoms with Crippen LogP contribution in [-0.2, 0) is 0 Å². The summed E-state index contributed by atoms with van der Waals surface area (Å²) in [5, 5.41) is 0. The Bertz CT molecular complexity index is 440. The van der Waals surface area contributed by atoms with Gasteiger partial charge >= 0.3 is 0 Å². The van der Waals surface area contributed by atoms with Gasteiger partial charge in [-0.3, -0.25) is 9.98 Å². The summed E-state index contributed by atoms with van der Waals surface area (Å²) in [5.74, 6) is 0. The molecule has 0 fully saturated rings. The van der Waals surface area contributed by atoms with Crippen molar-refractivity contribution < 1.29 is 0 Å². The third kappa shape index (κ3) is 7.03. The van der Waals surface area contributed by atoms with Gasteiger partial charge in [0.1, 0.15) is 0 Å². The fourth-order valence-electron chi connectivity index (χ4n) is 1.37. The molecule has 2 heteroatoms. The Balaban J connectivity index is 0.000000641. The molecular weight excluding hydrogens is 244 g/mol. The molecule has 20 heavy (non-hydrogen) atoms. The quantitative estimate of drug-likeness (QED) is 0.669. The molecule has 0 radical (unpaired) electrons. The molecule has 0 spiro atoms. The zero-order valence-electron chi connectivity index (χ0n) is 13.7. The van der Waals surface area contributed by atoms with Crippen LogP contribution in [0.5, 0.6) is 0 Å². The van der Waals surface area contributed by atoms with E-state index in [1.165, 1.54) is 6.42 Å². The number of rotatable bonds is 1. The maximum atomic E-state index is 4.38. The van der Waals surface area contributed by atoms with Crippen LogP contribution in [-0.4, -0.2) is 10.7 Å². The highest BCUT2D eigenvalue weighted by atomic mass is 14.8. The summed E-state index contributed by atoms with van der Waals surface area (Å²) in [4.78, 5) is 8.65. The fourth-order valence-corrected chi connectivity index (χ4v) is 1.37. The van der Waals surface area contributed by atoms with Crippen molar-refractivity contribution in [2.24, 2.45) is 10.4 Å². The molecule has 1 aromatic rings. The predicted octanol–water partition coefficient (Wildman–Crippen LogP) is 5.42. The van der Waals surface area contributed by atoms with Crippen LogP contribution in [0.25, 0.3) is 0 Å². The Labute approximate surface area is 124 Å². The van der Waals surface area contributed by atoms with Gasteiger partial charge < -0.3 is 0 Å². The van der Waals surface area contributed by atoms with E-state index in [9.17, 15) is 0 Å². The van der Waals surface area contributed by atoms with Crippen molar-refractivity contribution in [3.63, 3.8) is 0 Å². The topological polar surface area (TPSA) is 25.2 Å². The van der Waals surface area contributed by atoms with Crippen LogP contribution in [0.1, 0.15) is 53.7 Å². The van der Waals surface area contributed by atoms with Crippen molar-refractivity contribution in [3.05, 3.63) is 54.5 Å². The molecule has 0 unspecified atom stereocenters. The molecule has 0 amide bonds. The predicted molar refractivity (Wildman–Crippen MR) is 90.1 cm³/mol. The van der Waals surface area contributed by atoms with Crippen LogP contribution in [0.15, 0.2) is 53.8 Å². The lowest BCUT2D eigenvalue weighted by Crippen LogP contribution is -2.02. The first kappa shape index (κ1) is 18.3. The van der Waals surface area contributed by atoms with E-state index in [1.807, 2.05) is 44.3 Å². The zero-order valence-corrected chi connectivity index (χ0v) is 13.7. The average molecular weight is 272 g/mol. The Morgan fingerprint density at radius 3 is 2.25 bits per heavy atom. The Kier molecular flexibility index (Phi) is 9.27. The van der Waals surface area contributed by atoms with Crippen LogP contribution >= 0.6 is 0 Å². The number of hydrogen-bond donors (Lipinski definition) is 0. The SMILES string of the molecule is CC.CC1(C)C=CN=C(c2ccccn2)C=C1.CCC. The van der Waals surface area contributed by atoms with E-state index in [0.717, 1.165) is 11.4 Å². The van der Waals surface area contributed by atoms with Gasteiger partial charge in [0.25, 0.3) is 0 Å². The molecule has 0 bridgehead atoms. The standard InChI is InChI=1S/C13H14N2.C3H8.C2H6/c1-13(2)7-6-12(15-10-8-13)11-5-3-4-9-14-11;1-3-2;1-2/h3-10H,1-2H3;3H2,1-2H3;1-2H3. The van der Waals surface area contributed by atoms with Crippen molar-refractivity contribution >= 4 is 5.71 Å². The minimum absolute atomic E-state index is 0.0695. The van der Waals surface area contributed by atoms with Crippen molar-refractivity contribution in [2.75, 3.05) is 0 Å². The molecule has 0 atom stereocenters. The zero-order chi connectivity index (χ0) is 15.4. The number of allylic oxidation sites excluding steroid dienone is 3. The van der Waals surface area contributed by atoms with Crippen molar-refractivity contribution in [1.29, 1.82) is 0 Å². The first-order valence-electron chi connectivity index (χ1n) is 7.45. The smallest absolute Gasteiger partial charge is 0.0885 e. The fraction of sp³-hybridized carbons (Fsp3) is 0.444. The van der Waals surface area contributed by atoms with E-state index in [4.69, 9.17) is 0 Å². The van der Waals surface area contributed by atoms with Crippen molar-refractivity contribution in [2.45, 2.75) is 48.0 Å². The summed E-state index contributed by atoms with van der Waals surface area (Å²) in [6.45, 7) is 12.5. The van der Waals surface area contributed by atoms with E-state index >= 15 is 0 Å². The van der Waals surface area contributed by atoms with Crippen LogP contribution in [0.4, 0.5) is 0 Å². The van der Waals surface area contributed by atoms with Gasteiger partial charge in [-0.1, -0.05) is 66.2 Å². The highest BCUT2D eigenvalue weighted by molar-refractivity contribution is 6.07. The monoisotopic (exact) mass is 272 g/mol. The molecular formula is C18H28N2. The van der Waals surface area contributed by atoms with Gasteiger partial charge in [-0.15, -0.1) is 0 Å². The third-order valence-corrected chi connectivity index (χ3v) is 2.32. The number of hydrogen-bond acceptors (Lipinski definition) is 2. The van der Waals surface area contributed by atoms with E-state index in [-0.39, 0.29) is 5.41 Å². The van der Waals surface area contributed by atoms with Gasteiger partial charge in [0.05, 0.1) is 11.4 Å². The van der Waals surface area contributed by atoms with Crippen LogP contribution < -0.4 is 0 Å². The minimum atomic E-state index is 0.0695. The first-order chi connectivity index (χ1) is 9.59. The van der Waals surface area contributed by atoms with E-state index < -0.39 is 0 Å². The average Bonchev–Trinajstić information content (AvgIpc) is 2.64. The summed E-state index contributed by atoms with van der Waals surface area (Å²) < 4.78 is 0. The Hall–Kier alpha value is -1.70. The molecule has 110 valence electrons. The summed E-state index contributed by atoms with van der Waals surface area (Å²) in [6, 6.07) is 5.85. The normalized spacial score (nSPS) is 15.0. The van der Waals surface area contributed by atoms with Gasteiger partial charge in [-0.25, -0.2) is 0 Å². The lowest BCUT2D eigenvalue weighted by molar-refractivity contribution is 0.626. The van der Waals surface area contributed by atoms with Crippen LogP contribution in [0, 0.1) is 5.41 Å². The maximum absolute atomic E-state index is 4.38. The summed E-state index contributed by atoms with van der Waals surface area (Å²) in [6.07, 6.45) is 11.1. The number of nitrogens with zero attached hydrogens (tertiary/aromatic N) is 2. The van der Waals surface area contributed by atoms with Gasteiger partial charge in [-0.2, -0.15) is 0 Å². The van der Waals surface area contributed by atoms with E-state index in [1.54, 1.807) is 6.20 Å². The van der Waals surface area contributed by atoms with Gasteiger partial charge in [0, 0.05) is 17.8 Å². The molecule has 0 saturated carbocycles. The van der Waals surface area contributed by atoms with Crippen LogP contribution in [0.3, 0.4) is 0 Å². The second kappa shape index (κ2) is 10.1. The highest BCUT2D eigenvalue weighted by Crippen LogP contribution is 2.21. The second-order valence-electron chi connectivity index (χ2n) is 4.91. The largest absolute Gasteiger partial charge is 0.255 e. The minimum Gasteiger partial charge on any atom is -0.255 e. The number of aliphatic imine (C=N–C) groups is 1. The van der Waals surface area contributed by atoms with Gasteiger partial charge in [0.15, 0.2) is 0 Å². The van der Waals surface area contributed by atoms with E-state index in [0.29, 0.717) is 0 Å². The number of pyridine rings is 1. The molecule has 2 heterocycles. The van der Waals surface area contributed by atoms with Crippen molar-refractivity contribution in [1.82, 2.24) is 4.98 Å². The molecule has 0 saturated heterocycles. The van der Waals surface area contributed by atoms with E-state index in [2.05, 4.69) is 49.8 Å². The molecule has 0 N–H and O–H groups in total. The van der Waals surface area contributed by atoms with Crippen molar-refractivity contribution in [3.8, 4) is 0 Å². The van der Waals surface area contributed by atoms with Gasteiger partial charge in [-0.05, 0) is 18.2 Å². The number of aromatic nitrogens is 1. The summed E-state index contributed by atoms with van der Waals surface area (Å²) in [5.41, 5.74) is 1.90. The lowest BCUT2D eigenvalue weighted by atomic mass is 9.93. The molecule has 1 aliphatic heterocycles. The second-order valence-corrected chi connectivity index (χ2v) is 4.91. The molecule has 1 aliphatic rings. The van der Waals surface area contributed by atoms with Gasteiger partial charge in [0.2, 0.25) is 0 Å². The summed E-state index contributed by atoms with van der Waals surface area (Å²) in [7, 11) is 0. The third-order valence-electron chi connectivity index (χ3n) is 2.32. The lowest BCUT2D eigenvalue weighted by Gasteiger charge is -2.11. The molecule has 0 aromatic carbocycles. The molecule has 2 nitrogen and oxygen atoms in total. The maximum Gasteiger partial charge on any atom is 0.0885 e. The summed E-state index contributed by atoms with van der Waals surface area (Å²) >= 11 is 0. The Morgan fingerprint density at radius 1 is 1.05 bits per heavy atom. The molecule has 1 aromatic heterocycles. The molecule has 0 aliphatic carbocycles. The first-order valence-corrected chi connectivity index (χ1v) is 7.45. The highest BCUT2D eigenvalue weighted by Gasteiger charge is 2.12.